The van der Waals surface area contributed by atoms with Crippen molar-refractivity contribution >= 4 is 29.4 Å². The van der Waals surface area contributed by atoms with Crippen LogP contribution >= 0.6 is 0 Å². The fraction of sp³-hybridized carbons (Fsp3) is 0.500. The zero-order chi connectivity index (χ0) is 24.6. The number of aromatic amines is 1. The van der Waals surface area contributed by atoms with E-state index in [0.717, 1.165) is 17.4 Å². The van der Waals surface area contributed by atoms with Gasteiger partial charge in [0.2, 0.25) is 11.5 Å². The van der Waals surface area contributed by atoms with Gasteiger partial charge in [0.25, 0.3) is 11.8 Å². The summed E-state index contributed by atoms with van der Waals surface area (Å²) in [5.41, 5.74) is 4.46. The lowest BCUT2D eigenvalue weighted by atomic mass is 10.1. The molecule has 1 aliphatic heterocycles. The Hall–Kier alpha value is -3.67. The molecule has 1 saturated heterocycles. The molecule has 2 fully saturated rings. The molecule has 2 aromatic heterocycles. The van der Waals surface area contributed by atoms with Crippen molar-refractivity contribution in [1.29, 1.82) is 0 Å². The monoisotopic (exact) mass is 473 g/mol. The van der Waals surface area contributed by atoms with Gasteiger partial charge in [-0.15, -0.1) is 0 Å². The Kier molecular flexibility index (Phi) is 6.42. The smallest absolute Gasteiger partial charge is 0.378 e. The van der Waals surface area contributed by atoms with E-state index in [1.54, 1.807) is 4.90 Å². The first kappa shape index (κ1) is 23.5. The molecule has 2 aliphatic rings. The second-order valence-corrected chi connectivity index (χ2v) is 8.95. The third-order valence-corrected chi connectivity index (χ3v) is 5.75. The zero-order valence-corrected chi connectivity index (χ0v) is 19.2. The van der Waals surface area contributed by atoms with Crippen LogP contribution in [0.25, 0.3) is 11.7 Å². The minimum Gasteiger partial charge on any atom is -0.477 e. The number of amides is 3. The predicted octanol–water partition coefficient (Wildman–Crippen LogP) is -0.860. The molecule has 34 heavy (non-hydrogen) atoms. The van der Waals surface area contributed by atoms with Gasteiger partial charge in [0.05, 0.1) is 25.3 Å². The number of aromatic hydroxyl groups is 1. The number of nitrogens with zero attached hydrogens (tertiary/aromatic N) is 3. The van der Waals surface area contributed by atoms with E-state index in [4.69, 9.17) is 10.5 Å². The maximum Gasteiger partial charge on any atom is 0.378 e. The van der Waals surface area contributed by atoms with Crippen LogP contribution in [0.2, 0.25) is 0 Å². The molecule has 5 N–H and O–H groups in total. The van der Waals surface area contributed by atoms with Gasteiger partial charge in [0.1, 0.15) is 0 Å². The highest BCUT2D eigenvalue weighted by Gasteiger charge is 2.36. The van der Waals surface area contributed by atoms with E-state index in [-0.39, 0.29) is 41.3 Å². The Morgan fingerprint density at radius 2 is 1.97 bits per heavy atom. The minimum absolute atomic E-state index is 0.00952. The van der Waals surface area contributed by atoms with Crippen molar-refractivity contribution < 1.29 is 28.8 Å². The highest BCUT2D eigenvalue weighted by molar-refractivity contribution is 6.00. The minimum atomic E-state index is -0.860. The predicted molar refractivity (Wildman–Crippen MR) is 120 cm³/mol. The molecule has 4 rings (SSSR count). The molecule has 3 amide bonds. The SMILES string of the molecule is CC(C)C[n+]1c(O)c(C(=O)NC2CC2)c(=O)n2[nH]c(C(N)=O)c(/C=C/C(=O)N3CCOCC3)c21. The number of carbonyl (C=O) groups is 3. The summed E-state index contributed by atoms with van der Waals surface area (Å²) in [5.74, 6) is -2.34. The highest BCUT2D eigenvalue weighted by atomic mass is 16.5. The average Bonchev–Trinajstić information content (AvgIpc) is 3.52. The van der Waals surface area contributed by atoms with Gasteiger partial charge in [0, 0.05) is 25.2 Å². The number of morpholine rings is 1. The Labute approximate surface area is 195 Å². The number of nitrogens with one attached hydrogen (secondary N) is 2. The van der Waals surface area contributed by atoms with Crippen molar-refractivity contribution in [2.45, 2.75) is 39.3 Å². The number of rotatable bonds is 7. The van der Waals surface area contributed by atoms with E-state index in [2.05, 4.69) is 10.4 Å². The summed E-state index contributed by atoms with van der Waals surface area (Å²) in [6, 6.07) is -0.0277. The van der Waals surface area contributed by atoms with Gasteiger partial charge in [-0.3, -0.25) is 14.4 Å². The van der Waals surface area contributed by atoms with E-state index < -0.39 is 28.8 Å². The molecule has 0 unspecified atom stereocenters. The van der Waals surface area contributed by atoms with Crippen molar-refractivity contribution in [3.8, 4) is 5.88 Å². The van der Waals surface area contributed by atoms with Gasteiger partial charge in [-0.1, -0.05) is 18.4 Å². The number of aromatic nitrogens is 3. The van der Waals surface area contributed by atoms with E-state index in [9.17, 15) is 24.3 Å². The van der Waals surface area contributed by atoms with Crippen LogP contribution in [0.15, 0.2) is 10.9 Å². The first-order chi connectivity index (χ1) is 16.2. The van der Waals surface area contributed by atoms with Crippen molar-refractivity contribution in [3.05, 3.63) is 33.3 Å². The van der Waals surface area contributed by atoms with Gasteiger partial charge in [0.15, 0.2) is 5.69 Å². The molecule has 0 radical (unpaired) electrons. The number of hydrogen-bond donors (Lipinski definition) is 4. The number of nitrogens with two attached hydrogens (primary N) is 1. The Morgan fingerprint density at radius 3 is 2.56 bits per heavy atom. The summed E-state index contributed by atoms with van der Waals surface area (Å²) in [6.45, 7) is 5.77. The fourth-order valence-electron chi connectivity index (χ4n) is 3.92. The Morgan fingerprint density at radius 1 is 1.29 bits per heavy atom. The summed E-state index contributed by atoms with van der Waals surface area (Å²) in [7, 11) is 0. The van der Waals surface area contributed by atoms with Crippen LogP contribution in [0.1, 0.15) is 53.1 Å². The van der Waals surface area contributed by atoms with Crippen LogP contribution in [0.5, 0.6) is 5.88 Å². The van der Waals surface area contributed by atoms with E-state index >= 15 is 0 Å². The molecule has 0 bridgehead atoms. The van der Waals surface area contributed by atoms with Gasteiger partial charge < -0.3 is 25.8 Å². The average molecular weight is 474 g/mol. The fourth-order valence-corrected chi connectivity index (χ4v) is 3.92. The number of H-pyrrole nitrogens is 1. The molecular formula is C22H29N6O6+. The molecule has 0 spiro atoms. The largest absolute Gasteiger partial charge is 0.477 e. The topological polar surface area (TPSA) is 163 Å². The lowest BCUT2D eigenvalue weighted by Gasteiger charge is -2.25. The summed E-state index contributed by atoms with van der Waals surface area (Å²) in [6.07, 6.45) is 4.30. The standard InChI is InChI=1S/C22H28N6O6/c1-12(2)11-27-20-14(5-6-15(29)26-7-9-34-10-8-26)17(18(23)30)25-28(20)22(33)16(21(27)32)19(31)24-13-3-4-13/h5-6,12-13H,3-4,7-11H2,1-2H3,(H4,23,24,30,31,32,33)/p+1/b6-5+. The van der Waals surface area contributed by atoms with Crippen LogP contribution in [0.4, 0.5) is 0 Å². The molecule has 0 aromatic carbocycles. The zero-order valence-electron chi connectivity index (χ0n) is 19.2. The molecule has 12 heteroatoms. The third kappa shape index (κ3) is 4.53. The molecule has 1 saturated carbocycles. The van der Waals surface area contributed by atoms with Crippen molar-refractivity contribution in [2.24, 2.45) is 11.7 Å². The van der Waals surface area contributed by atoms with Gasteiger partial charge >= 0.3 is 17.1 Å². The number of carbonyl (C=O) groups excluding carboxylic acids is 3. The van der Waals surface area contributed by atoms with E-state index in [1.165, 1.54) is 16.7 Å². The van der Waals surface area contributed by atoms with Crippen LogP contribution in [0.3, 0.4) is 0 Å². The van der Waals surface area contributed by atoms with Crippen LogP contribution in [-0.2, 0) is 16.1 Å². The van der Waals surface area contributed by atoms with E-state index in [1.807, 2.05) is 13.8 Å². The number of primary amides is 1. The lowest BCUT2D eigenvalue weighted by Crippen LogP contribution is -2.46. The molecular weight excluding hydrogens is 444 g/mol. The van der Waals surface area contributed by atoms with Crippen molar-refractivity contribution in [2.75, 3.05) is 26.3 Å². The van der Waals surface area contributed by atoms with Gasteiger partial charge in [-0.05, 0) is 24.8 Å². The second kappa shape index (κ2) is 9.29. The first-order valence-electron chi connectivity index (χ1n) is 11.3. The summed E-state index contributed by atoms with van der Waals surface area (Å²) < 4.78 is 7.66. The summed E-state index contributed by atoms with van der Waals surface area (Å²) in [5, 5.41) is 16.4. The maximum atomic E-state index is 13.2. The molecule has 0 atom stereocenters. The molecule has 3 heterocycles. The molecule has 1 aliphatic carbocycles. The second-order valence-electron chi connectivity index (χ2n) is 8.95. The Bertz CT molecular complexity index is 1230. The highest BCUT2D eigenvalue weighted by Crippen LogP contribution is 2.22. The summed E-state index contributed by atoms with van der Waals surface area (Å²) in [4.78, 5) is 52.5. The van der Waals surface area contributed by atoms with E-state index in [0.29, 0.717) is 26.3 Å². The van der Waals surface area contributed by atoms with Crippen molar-refractivity contribution in [1.82, 2.24) is 19.8 Å². The molecule has 12 nitrogen and oxygen atoms in total. The number of ether oxygens (including phenoxy) is 1. The van der Waals surface area contributed by atoms with Crippen LogP contribution in [0, 0.1) is 5.92 Å². The molecule has 2 aromatic rings. The van der Waals surface area contributed by atoms with Gasteiger partial charge in [-0.25, -0.2) is 9.89 Å². The summed E-state index contributed by atoms with van der Waals surface area (Å²) >= 11 is 0. The lowest BCUT2D eigenvalue weighted by molar-refractivity contribution is -0.686. The van der Waals surface area contributed by atoms with Crippen LogP contribution < -0.4 is 21.2 Å². The number of fused-ring (bicyclic) bond motifs is 1. The van der Waals surface area contributed by atoms with Crippen molar-refractivity contribution in [3.63, 3.8) is 0 Å². The normalized spacial score (nSPS) is 16.5. The van der Waals surface area contributed by atoms with Gasteiger partial charge in [-0.2, -0.15) is 4.57 Å². The Balaban J connectivity index is 1.88. The number of hydrogen-bond acceptors (Lipinski definition) is 6. The first-order valence-corrected chi connectivity index (χ1v) is 11.3. The molecule has 182 valence electrons. The maximum absolute atomic E-state index is 13.2. The van der Waals surface area contributed by atoms with Crippen LogP contribution in [-0.4, -0.2) is 69.7 Å². The third-order valence-electron chi connectivity index (χ3n) is 5.75. The quantitative estimate of drug-likeness (QED) is 0.302.